The van der Waals surface area contributed by atoms with Gasteiger partial charge in [-0.1, -0.05) is 13.0 Å². The normalized spacial score (nSPS) is 12.3. The second-order valence-corrected chi connectivity index (χ2v) is 5.93. The summed E-state index contributed by atoms with van der Waals surface area (Å²) in [6.07, 6.45) is 0.674. The van der Waals surface area contributed by atoms with Gasteiger partial charge in [0.25, 0.3) is 0 Å². The van der Waals surface area contributed by atoms with Crippen molar-refractivity contribution < 1.29 is 13.5 Å². The summed E-state index contributed by atoms with van der Waals surface area (Å²) in [7, 11) is 0. The molecule has 2 rings (SSSR count). The first-order valence-corrected chi connectivity index (χ1v) is 8.89. The van der Waals surface area contributed by atoms with Crippen molar-refractivity contribution in [2.75, 3.05) is 13.1 Å². The van der Waals surface area contributed by atoms with Crippen molar-refractivity contribution in [1.29, 1.82) is 0 Å². The van der Waals surface area contributed by atoms with Crippen LogP contribution in [0.15, 0.2) is 33.7 Å². The van der Waals surface area contributed by atoms with Crippen LogP contribution < -0.4 is 15.4 Å². The maximum absolute atomic E-state index is 13.3. The average molecular weight is 490 g/mol. The molecule has 27 heavy (non-hydrogen) atoms. The van der Waals surface area contributed by atoms with Gasteiger partial charge in [-0.15, -0.1) is 24.0 Å². The minimum atomic E-state index is -0.309. The number of benzene rings is 1. The van der Waals surface area contributed by atoms with Crippen molar-refractivity contribution >= 4 is 29.9 Å². The molecule has 150 valence electrons. The first kappa shape index (κ1) is 23.2. The number of halogens is 2. The van der Waals surface area contributed by atoms with Crippen LogP contribution in [0, 0.1) is 19.7 Å². The van der Waals surface area contributed by atoms with Gasteiger partial charge in [-0.2, -0.15) is 0 Å². The van der Waals surface area contributed by atoms with Gasteiger partial charge in [0.2, 0.25) is 5.89 Å². The topological polar surface area (TPSA) is 71.7 Å². The maximum atomic E-state index is 13.3. The fraction of sp³-hybridized carbons (Fsp3) is 0.474. The number of aliphatic imine (C=N–C) groups is 1. The predicted molar refractivity (Wildman–Crippen MR) is 115 cm³/mol. The van der Waals surface area contributed by atoms with Crippen LogP contribution in [0.3, 0.4) is 0 Å². The van der Waals surface area contributed by atoms with E-state index in [4.69, 9.17) is 9.15 Å². The Kier molecular flexibility index (Phi) is 10.1. The highest BCUT2D eigenvalue weighted by Crippen LogP contribution is 2.14. The third kappa shape index (κ3) is 7.74. The van der Waals surface area contributed by atoms with Crippen LogP contribution in [0.25, 0.3) is 0 Å². The van der Waals surface area contributed by atoms with E-state index in [0.717, 1.165) is 24.4 Å². The van der Waals surface area contributed by atoms with Gasteiger partial charge in [-0.25, -0.2) is 14.4 Å². The largest absolute Gasteiger partial charge is 0.489 e. The van der Waals surface area contributed by atoms with E-state index in [1.165, 1.54) is 12.1 Å². The van der Waals surface area contributed by atoms with Crippen molar-refractivity contribution in [1.82, 2.24) is 15.6 Å². The van der Waals surface area contributed by atoms with E-state index in [9.17, 15) is 4.39 Å². The molecule has 1 unspecified atom stereocenters. The van der Waals surface area contributed by atoms with Gasteiger partial charge in [-0.05, 0) is 39.3 Å². The molecule has 0 bridgehead atoms. The van der Waals surface area contributed by atoms with Gasteiger partial charge in [-0.3, -0.25) is 0 Å². The van der Waals surface area contributed by atoms with Crippen LogP contribution in [-0.2, 0) is 6.54 Å². The molecule has 0 saturated carbocycles. The molecule has 1 aromatic heterocycles. The quantitative estimate of drug-likeness (QED) is 0.333. The van der Waals surface area contributed by atoms with Crippen molar-refractivity contribution in [3.05, 3.63) is 47.4 Å². The molecule has 8 heteroatoms. The first-order valence-electron chi connectivity index (χ1n) is 8.89. The lowest BCUT2D eigenvalue weighted by atomic mass is 10.2. The molecule has 0 spiro atoms. The number of rotatable bonds is 8. The number of oxazole rings is 1. The second kappa shape index (κ2) is 11.8. The smallest absolute Gasteiger partial charge is 0.216 e. The molecule has 0 aliphatic carbocycles. The van der Waals surface area contributed by atoms with E-state index in [1.807, 2.05) is 27.7 Å². The number of ether oxygens (including phenoxy) is 1. The number of hydrogen-bond acceptors (Lipinski definition) is 4. The number of guanidine groups is 1. The van der Waals surface area contributed by atoms with Gasteiger partial charge < -0.3 is 19.8 Å². The molecule has 0 saturated heterocycles. The Morgan fingerprint density at radius 2 is 2.07 bits per heavy atom. The molecular weight excluding hydrogens is 462 g/mol. The number of nitrogens with one attached hydrogen (secondary N) is 2. The standard InChI is InChI=1S/C19H27FN4O2.HI/c1-5-16(26-17-9-7-8-15(20)10-17)11-22-19(21-6-2)23-12-18-24-13(3)14(4)25-18;/h7-10,16H,5-6,11-12H2,1-4H3,(H2,21,22,23);1H. The van der Waals surface area contributed by atoms with Gasteiger partial charge >= 0.3 is 0 Å². The Labute approximate surface area is 177 Å². The number of aromatic nitrogens is 1. The molecule has 1 heterocycles. The number of aryl methyl sites for hydroxylation is 2. The Hall–Kier alpha value is -1.84. The van der Waals surface area contributed by atoms with Gasteiger partial charge in [0.15, 0.2) is 5.96 Å². The average Bonchev–Trinajstić information content (AvgIpc) is 2.94. The van der Waals surface area contributed by atoms with Gasteiger partial charge in [0, 0.05) is 12.6 Å². The molecule has 1 aromatic carbocycles. The number of nitrogens with zero attached hydrogens (tertiary/aromatic N) is 2. The highest BCUT2D eigenvalue weighted by atomic mass is 127. The summed E-state index contributed by atoms with van der Waals surface area (Å²) in [6, 6.07) is 6.16. The minimum absolute atomic E-state index is 0. The molecule has 0 fully saturated rings. The van der Waals surface area contributed by atoms with Crippen molar-refractivity contribution in [3.8, 4) is 5.75 Å². The fourth-order valence-corrected chi connectivity index (χ4v) is 2.31. The summed E-state index contributed by atoms with van der Waals surface area (Å²) in [5, 5.41) is 6.43. The van der Waals surface area contributed by atoms with E-state index >= 15 is 0 Å². The van der Waals surface area contributed by atoms with Crippen molar-refractivity contribution in [2.45, 2.75) is 46.8 Å². The van der Waals surface area contributed by atoms with E-state index in [-0.39, 0.29) is 35.9 Å². The lowest BCUT2D eigenvalue weighted by Gasteiger charge is -2.20. The lowest BCUT2D eigenvalue weighted by Crippen LogP contribution is -2.42. The SMILES string of the molecule is CCNC(=NCc1nc(C)c(C)o1)NCC(CC)Oc1cccc(F)c1.I. The van der Waals surface area contributed by atoms with Crippen LogP contribution in [0.1, 0.15) is 37.6 Å². The van der Waals surface area contributed by atoms with Crippen LogP contribution in [0.2, 0.25) is 0 Å². The van der Waals surface area contributed by atoms with Crippen LogP contribution in [0.5, 0.6) is 5.75 Å². The summed E-state index contributed by atoms with van der Waals surface area (Å²) in [6.45, 7) is 9.44. The van der Waals surface area contributed by atoms with E-state index in [2.05, 4.69) is 20.6 Å². The molecule has 6 nitrogen and oxygen atoms in total. The zero-order valence-corrected chi connectivity index (χ0v) is 18.5. The molecule has 0 amide bonds. The van der Waals surface area contributed by atoms with Crippen molar-refractivity contribution in [2.24, 2.45) is 4.99 Å². The summed E-state index contributed by atoms with van der Waals surface area (Å²) in [4.78, 5) is 8.82. The molecule has 0 aliphatic heterocycles. The fourth-order valence-electron chi connectivity index (χ4n) is 2.31. The zero-order valence-electron chi connectivity index (χ0n) is 16.2. The summed E-state index contributed by atoms with van der Waals surface area (Å²) in [5.74, 6) is 2.26. The third-order valence-electron chi connectivity index (χ3n) is 3.84. The minimum Gasteiger partial charge on any atom is -0.489 e. The van der Waals surface area contributed by atoms with Gasteiger partial charge in [0.05, 0.1) is 12.2 Å². The Morgan fingerprint density at radius 1 is 1.30 bits per heavy atom. The molecule has 0 aliphatic rings. The molecule has 0 radical (unpaired) electrons. The highest BCUT2D eigenvalue weighted by molar-refractivity contribution is 14.0. The molecule has 2 aromatic rings. The Bertz CT molecular complexity index is 717. The molecule has 2 N–H and O–H groups in total. The molecule has 1 atom stereocenters. The van der Waals surface area contributed by atoms with Crippen LogP contribution in [0.4, 0.5) is 4.39 Å². The van der Waals surface area contributed by atoms with Crippen LogP contribution in [-0.4, -0.2) is 30.1 Å². The number of hydrogen-bond donors (Lipinski definition) is 2. The van der Waals surface area contributed by atoms with E-state index in [1.54, 1.807) is 12.1 Å². The van der Waals surface area contributed by atoms with Crippen LogP contribution >= 0.6 is 24.0 Å². The molecular formula is C19H28FIN4O2. The summed E-state index contributed by atoms with van der Waals surface area (Å²) in [5.41, 5.74) is 0.878. The van der Waals surface area contributed by atoms with Crippen molar-refractivity contribution in [3.63, 3.8) is 0 Å². The summed E-state index contributed by atoms with van der Waals surface area (Å²) < 4.78 is 24.7. The van der Waals surface area contributed by atoms with E-state index < -0.39 is 0 Å². The maximum Gasteiger partial charge on any atom is 0.216 e. The predicted octanol–water partition coefficient (Wildman–Crippen LogP) is 3.96. The zero-order chi connectivity index (χ0) is 18.9. The van der Waals surface area contributed by atoms with E-state index in [0.29, 0.717) is 30.7 Å². The Balaban J connectivity index is 0.00000364. The second-order valence-electron chi connectivity index (χ2n) is 5.93. The van der Waals surface area contributed by atoms with Gasteiger partial charge in [0.1, 0.15) is 30.0 Å². The lowest BCUT2D eigenvalue weighted by molar-refractivity contribution is 0.198. The third-order valence-corrected chi connectivity index (χ3v) is 3.84. The Morgan fingerprint density at radius 3 is 2.67 bits per heavy atom. The monoisotopic (exact) mass is 490 g/mol. The first-order chi connectivity index (χ1) is 12.5. The summed E-state index contributed by atoms with van der Waals surface area (Å²) >= 11 is 0. The highest BCUT2D eigenvalue weighted by Gasteiger charge is 2.11.